The lowest BCUT2D eigenvalue weighted by Gasteiger charge is -2.09. The van der Waals surface area contributed by atoms with E-state index in [1.807, 2.05) is 36.4 Å². The minimum Gasteiger partial charge on any atom is -0.352 e. The molecule has 0 aliphatic heterocycles. The van der Waals surface area contributed by atoms with Crippen molar-refractivity contribution in [3.05, 3.63) is 78.0 Å². The van der Waals surface area contributed by atoms with Gasteiger partial charge < -0.3 is 9.84 Å². The van der Waals surface area contributed by atoms with E-state index in [1.54, 1.807) is 30.3 Å². The molecule has 1 N–H and O–H groups in total. The maximum atomic E-state index is 13.2. The van der Waals surface area contributed by atoms with Crippen LogP contribution >= 0.6 is 0 Å². The molecule has 0 spiro atoms. The van der Waals surface area contributed by atoms with Crippen molar-refractivity contribution >= 4 is 26.8 Å². The van der Waals surface area contributed by atoms with Gasteiger partial charge in [-0.25, -0.2) is 13.4 Å². The first-order chi connectivity index (χ1) is 16.0. The minimum absolute atomic E-state index is 0.0428. The highest BCUT2D eigenvalue weighted by Crippen LogP contribution is 2.41. The van der Waals surface area contributed by atoms with E-state index in [0.29, 0.717) is 39.6 Å². The van der Waals surface area contributed by atoms with E-state index < -0.39 is 9.84 Å². The summed E-state index contributed by atoms with van der Waals surface area (Å²) in [7, 11) is -3.39. The van der Waals surface area contributed by atoms with Crippen molar-refractivity contribution in [1.82, 2.24) is 15.5 Å². The molecule has 8 heteroatoms. The van der Waals surface area contributed by atoms with Gasteiger partial charge in [0.25, 0.3) is 11.6 Å². The van der Waals surface area contributed by atoms with E-state index in [4.69, 9.17) is 4.52 Å². The number of amides is 1. The summed E-state index contributed by atoms with van der Waals surface area (Å²) in [5.74, 6) is 0.00265. The van der Waals surface area contributed by atoms with Crippen molar-refractivity contribution in [2.45, 2.75) is 30.1 Å². The SMILES string of the molecule is O=C(NCCCS(=O)(=O)c1ccccc1)c1cc(C2CC2)nc2onc(-c3ccccc3)c12. The zero-order valence-corrected chi connectivity index (χ0v) is 18.7. The lowest BCUT2D eigenvalue weighted by molar-refractivity contribution is 0.0955. The highest BCUT2D eigenvalue weighted by molar-refractivity contribution is 7.91. The van der Waals surface area contributed by atoms with Crippen LogP contribution in [0, 0.1) is 0 Å². The van der Waals surface area contributed by atoms with Crippen molar-refractivity contribution in [3.8, 4) is 11.3 Å². The molecule has 1 fully saturated rings. The molecule has 0 unspecified atom stereocenters. The van der Waals surface area contributed by atoms with E-state index in [-0.39, 0.29) is 18.2 Å². The Morgan fingerprint density at radius 1 is 1.03 bits per heavy atom. The highest BCUT2D eigenvalue weighted by atomic mass is 32.2. The Balaban J connectivity index is 1.37. The van der Waals surface area contributed by atoms with Crippen LogP contribution in [0.25, 0.3) is 22.4 Å². The molecule has 1 saturated carbocycles. The van der Waals surface area contributed by atoms with Crippen LogP contribution in [0.5, 0.6) is 0 Å². The van der Waals surface area contributed by atoms with Gasteiger partial charge in [0.1, 0.15) is 5.69 Å². The number of rotatable bonds is 8. The van der Waals surface area contributed by atoms with Crippen molar-refractivity contribution < 1.29 is 17.7 Å². The smallest absolute Gasteiger partial charge is 0.259 e. The van der Waals surface area contributed by atoms with Crippen molar-refractivity contribution in [2.24, 2.45) is 0 Å². The Morgan fingerprint density at radius 3 is 2.42 bits per heavy atom. The summed E-state index contributed by atoms with van der Waals surface area (Å²) in [4.78, 5) is 18.1. The second kappa shape index (κ2) is 8.78. The average molecular weight is 462 g/mol. The molecule has 0 radical (unpaired) electrons. The third-order valence-electron chi connectivity index (χ3n) is 5.73. The number of aromatic nitrogens is 2. The number of carbonyl (C=O) groups excluding carboxylic acids is 1. The minimum atomic E-state index is -3.39. The van der Waals surface area contributed by atoms with Crippen LogP contribution in [0.15, 0.2) is 76.1 Å². The number of pyridine rings is 1. The van der Waals surface area contributed by atoms with Gasteiger partial charge in [0.15, 0.2) is 9.84 Å². The van der Waals surface area contributed by atoms with E-state index in [0.717, 1.165) is 24.1 Å². The molecule has 2 aromatic carbocycles. The number of sulfone groups is 1. The van der Waals surface area contributed by atoms with Gasteiger partial charge in [-0.2, -0.15) is 0 Å². The number of nitrogens with zero attached hydrogens (tertiary/aromatic N) is 2. The van der Waals surface area contributed by atoms with Gasteiger partial charge in [-0.15, -0.1) is 0 Å². The molecule has 0 saturated heterocycles. The summed E-state index contributed by atoms with van der Waals surface area (Å²) >= 11 is 0. The number of hydrogen-bond donors (Lipinski definition) is 1. The molecule has 0 atom stereocenters. The molecule has 1 amide bonds. The van der Waals surface area contributed by atoms with Crippen LogP contribution in [-0.2, 0) is 9.84 Å². The lowest BCUT2D eigenvalue weighted by Crippen LogP contribution is -2.26. The maximum absolute atomic E-state index is 13.2. The first-order valence-corrected chi connectivity index (χ1v) is 12.6. The summed E-state index contributed by atoms with van der Waals surface area (Å²) < 4.78 is 30.5. The first-order valence-electron chi connectivity index (χ1n) is 10.9. The van der Waals surface area contributed by atoms with Gasteiger partial charge in [0, 0.05) is 23.7 Å². The van der Waals surface area contributed by atoms with Crippen LogP contribution < -0.4 is 5.32 Å². The third kappa shape index (κ3) is 4.52. The fourth-order valence-electron chi connectivity index (χ4n) is 3.84. The van der Waals surface area contributed by atoms with Crippen LogP contribution in [0.1, 0.15) is 41.2 Å². The van der Waals surface area contributed by atoms with Crippen LogP contribution in [0.4, 0.5) is 0 Å². The zero-order chi connectivity index (χ0) is 22.8. The predicted molar refractivity (Wildman–Crippen MR) is 125 cm³/mol. The Hall–Kier alpha value is -3.52. The van der Waals surface area contributed by atoms with Crippen molar-refractivity contribution in [3.63, 3.8) is 0 Å². The largest absolute Gasteiger partial charge is 0.352 e. The van der Waals surface area contributed by atoms with E-state index in [2.05, 4.69) is 15.5 Å². The van der Waals surface area contributed by atoms with Gasteiger partial charge in [-0.05, 0) is 37.5 Å². The number of nitrogens with one attached hydrogen (secondary N) is 1. The van der Waals surface area contributed by atoms with Gasteiger partial charge in [0.2, 0.25) is 0 Å². The molecular formula is C25H23N3O4S. The number of carbonyl (C=O) groups is 1. The molecule has 2 heterocycles. The topological polar surface area (TPSA) is 102 Å². The predicted octanol–water partition coefficient (Wildman–Crippen LogP) is 4.36. The summed E-state index contributed by atoms with van der Waals surface area (Å²) in [5, 5.41) is 7.63. The molecule has 168 valence electrons. The second-order valence-corrected chi connectivity index (χ2v) is 10.3. The molecule has 7 nitrogen and oxygen atoms in total. The number of fused-ring (bicyclic) bond motifs is 1. The van der Waals surface area contributed by atoms with E-state index in [9.17, 15) is 13.2 Å². The molecule has 2 aromatic heterocycles. The van der Waals surface area contributed by atoms with E-state index >= 15 is 0 Å². The summed E-state index contributed by atoms with van der Waals surface area (Å²) in [5.41, 5.74) is 3.02. The molecule has 0 bridgehead atoms. The highest BCUT2D eigenvalue weighted by Gasteiger charge is 2.29. The van der Waals surface area contributed by atoms with Gasteiger partial charge >= 0.3 is 0 Å². The summed E-state index contributed by atoms with van der Waals surface area (Å²) in [6.45, 7) is 0.236. The number of benzene rings is 2. The molecule has 4 aromatic rings. The molecule has 1 aliphatic rings. The summed E-state index contributed by atoms with van der Waals surface area (Å²) in [6, 6.07) is 19.7. The molecule has 1 aliphatic carbocycles. The molecule has 5 rings (SSSR count). The Bertz CT molecular complexity index is 1400. The fraction of sp³-hybridized carbons (Fsp3) is 0.240. The van der Waals surface area contributed by atoms with E-state index in [1.165, 1.54) is 0 Å². The second-order valence-electron chi connectivity index (χ2n) is 8.19. The van der Waals surface area contributed by atoms with Gasteiger partial charge in [-0.3, -0.25) is 4.79 Å². The third-order valence-corrected chi connectivity index (χ3v) is 7.55. The first kappa shape index (κ1) is 21.3. The number of hydrogen-bond acceptors (Lipinski definition) is 6. The Kier molecular flexibility index (Phi) is 5.68. The lowest BCUT2D eigenvalue weighted by atomic mass is 10.0. The maximum Gasteiger partial charge on any atom is 0.259 e. The average Bonchev–Trinajstić information content (AvgIpc) is 3.61. The van der Waals surface area contributed by atoms with Crippen molar-refractivity contribution in [2.75, 3.05) is 12.3 Å². The quantitative estimate of drug-likeness (QED) is 0.391. The van der Waals surface area contributed by atoms with Crippen LogP contribution in [-0.4, -0.2) is 36.8 Å². The standard InChI is InChI=1S/C25H23N3O4S/c29-24(26-14-7-15-33(30,31)19-10-5-2-6-11-19)20-16-21(17-12-13-17)27-25-22(20)23(28-32-25)18-8-3-1-4-9-18/h1-6,8-11,16-17H,7,12-15H2,(H,26,29). The molecular weight excluding hydrogens is 438 g/mol. The summed E-state index contributed by atoms with van der Waals surface area (Å²) in [6.07, 6.45) is 2.38. The normalized spacial score (nSPS) is 13.8. The monoisotopic (exact) mass is 461 g/mol. The Labute approximate surface area is 191 Å². The van der Waals surface area contributed by atoms with Crippen LogP contribution in [0.3, 0.4) is 0 Å². The van der Waals surface area contributed by atoms with Gasteiger partial charge in [-0.1, -0.05) is 53.7 Å². The van der Waals surface area contributed by atoms with Gasteiger partial charge in [0.05, 0.1) is 21.6 Å². The Morgan fingerprint density at radius 2 is 1.73 bits per heavy atom. The zero-order valence-electron chi connectivity index (χ0n) is 17.9. The molecule has 33 heavy (non-hydrogen) atoms. The van der Waals surface area contributed by atoms with Crippen molar-refractivity contribution in [1.29, 1.82) is 0 Å². The fourth-order valence-corrected chi connectivity index (χ4v) is 5.17. The van der Waals surface area contributed by atoms with Crippen LogP contribution in [0.2, 0.25) is 0 Å².